The zero-order valence-electron chi connectivity index (χ0n) is 18.0. The van der Waals surface area contributed by atoms with Crippen LogP contribution in [-0.2, 0) is 11.2 Å². The quantitative estimate of drug-likeness (QED) is 0.408. The number of carbonyl (C=O) groups is 1. The molecule has 0 unspecified atom stereocenters. The Bertz CT molecular complexity index is 835. The van der Waals surface area contributed by atoms with Crippen LogP contribution in [0.5, 0.6) is 11.5 Å². The maximum Gasteiger partial charge on any atom is 0.246 e. The van der Waals surface area contributed by atoms with Crippen molar-refractivity contribution in [1.29, 1.82) is 0 Å². The average Bonchev–Trinajstić information content (AvgIpc) is 2.76. The molecule has 162 valence electrons. The summed E-state index contributed by atoms with van der Waals surface area (Å²) in [7, 11) is 3.27. The number of ether oxygens (including phenoxy) is 2. The highest BCUT2D eigenvalue weighted by Crippen LogP contribution is 2.27. The van der Waals surface area contributed by atoms with Crippen molar-refractivity contribution in [3.05, 3.63) is 65.0 Å². The maximum atomic E-state index is 12.9. The van der Waals surface area contributed by atoms with E-state index in [-0.39, 0.29) is 11.7 Å². The molecule has 1 amide bonds. The van der Waals surface area contributed by atoms with Crippen molar-refractivity contribution in [2.24, 2.45) is 0 Å². The number of aryl methyl sites for hydroxylation is 1. The van der Waals surface area contributed by atoms with Crippen molar-refractivity contribution >= 4 is 12.0 Å². The normalized spacial score (nSPS) is 11.3. The molecule has 30 heavy (non-hydrogen) atoms. The molecule has 0 atom stereocenters. The summed E-state index contributed by atoms with van der Waals surface area (Å²) in [5, 5.41) is 6.30. The largest absolute Gasteiger partial charge is 0.493 e. The molecule has 0 fully saturated rings. The number of carbonyl (C=O) groups excluding carboxylic acids is 1. The lowest BCUT2D eigenvalue weighted by atomic mass is 10.1. The van der Waals surface area contributed by atoms with E-state index in [1.807, 2.05) is 12.1 Å². The molecule has 0 saturated heterocycles. The minimum absolute atomic E-state index is 0.104. The molecule has 0 spiro atoms. The van der Waals surface area contributed by atoms with Crippen LogP contribution in [0.15, 0.2) is 48.0 Å². The maximum absolute atomic E-state index is 12.9. The average molecular weight is 415 g/mol. The van der Waals surface area contributed by atoms with Crippen LogP contribution in [0.25, 0.3) is 6.08 Å². The molecule has 0 radical (unpaired) electrons. The molecule has 2 aromatic rings. The smallest absolute Gasteiger partial charge is 0.246 e. The number of rotatable bonds is 12. The lowest BCUT2D eigenvalue weighted by Crippen LogP contribution is -2.28. The van der Waals surface area contributed by atoms with Gasteiger partial charge in [0.25, 0.3) is 0 Å². The highest BCUT2D eigenvalue weighted by atomic mass is 19.1. The minimum Gasteiger partial charge on any atom is -0.493 e. The van der Waals surface area contributed by atoms with E-state index in [0.717, 1.165) is 49.4 Å². The highest BCUT2D eigenvalue weighted by molar-refractivity contribution is 5.97. The molecule has 2 rings (SSSR count). The lowest BCUT2D eigenvalue weighted by Gasteiger charge is -2.10. The summed E-state index contributed by atoms with van der Waals surface area (Å²) >= 11 is 0. The number of nitrogens with one attached hydrogen (secondary N) is 2. The van der Waals surface area contributed by atoms with Crippen molar-refractivity contribution < 1.29 is 18.7 Å². The number of halogens is 1. The Morgan fingerprint density at radius 2 is 1.67 bits per heavy atom. The number of hydrogen-bond donors (Lipinski definition) is 2. The van der Waals surface area contributed by atoms with Gasteiger partial charge in [0.2, 0.25) is 5.91 Å². The standard InChI is InChI=1S/C24H31FN2O3/c1-18(16-20-7-10-21(25)11-8-20)24(28)27-15-5-14-26-13-4-6-19-9-12-22(29-2)23(17-19)30-3/h7-12,16-17,26H,4-6,13-15H2,1-3H3,(H,27,28)/b18-16+. The molecule has 0 saturated carbocycles. The Morgan fingerprint density at radius 1 is 0.967 bits per heavy atom. The van der Waals surface area contributed by atoms with Gasteiger partial charge in [0, 0.05) is 12.1 Å². The van der Waals surface area contributed by atoms with Gasteiger partial charge in [-0.15, -0.1) is 0 Å². The van der Waals surface area contributed by atoms with Gasteiger partial charge in [0.1, 0.15) is 5.82 Å². The molecule has 0 aliphatic heterocycles. The van der Waals surface area contributed by atoms with Crippen LogP contribution < -0.4 is 20.1 Å². The summed E-state index contributed by atoms with van der Waals surface area (Å²) in [4.78, 5) is 12.1. The van der Waals surface area contributed by atoms with Crippen LogP contribution in [0.1, 0.15) is 30.9 Å². The zero-order valence-corrected chi connectivity index (χ0v) is 18.0. The number of hydrogen-bond acceptors (Lipinski definition) is 4. The number of amides is 1. The molecule has 0 aliphatic rings. The van der Waals surface area contributed by atoms with E-state index in [9.17, 15) is 9.18 Å². The fourth-order valence-electron chi connectivity index (χ4n) is 3.01. The molecule has 2 aromatic carbocycles. The molecular weight excluding hydrogens is 383 g/mol. The zero-order chi connectivity index (χ0) is 21.8. The Hall–Kier alpha value is -2.86. The van der Waals surface area contributed by atoms with Crippen LogP contribution in [0.4, 0.5) is 4.39 Å². The van der Waals surface area contributed by atoms with Gasteiger partial charge in [-0.2, -0.15) is 0 Å². The third-order valence-electron chi connectivity index (χ3n) is 4.69. The van der Waals surface area contributed by atoms with E-state index in [1.165, 1.54) is 17.7 Å². The van der Waals surface area contributed by atoms with Crippen molar-refractivity contribution in [3.63, 3.8) is 0 Å². The number of benzene rings is 2. The second-order valence-corrected chi connectivity index (χ2v) is 7.03. The molecule has 0 aliphatic carbocycles. The predicted molar refractivity (Wildman–Crippen MR) is 118 cm³/mol. The van der Waals surface area contributed by atoms with Gasteiger partial charge in [0.05, 0.1) is 14.2 Å². The first-order valence-corrected chi connectivity index (χ1v) is 10.2. The molecule has 2 N–H and O–H groups in total. The summed E-state index contributed by atoms with van der Waals surface area (Å²) in [6.07, 6.45) is 4.58. The van der Waals surface area contributed by atoms with Crippen molar-refractivity contribution in [2.75, 3.05) is 33.9 Å². The van der Waals surface area contributed by atoms with Crippen LogP contribution in [0.2, 0.25) is 0 Å². The van der Waals surface area contributed by atoms with Crippen molar-refractivity contribution in [3.8, 4) is 11.5 Å². The first kappa shape index (κ1) is 23.4. The Kier molecular flexibility index (Phi) is 9.87. The Labute approximate surface area is 178 Å². The monoisotopic (exact) mass is 414 g/mol. The molecular formula is C24H31FN2O3. The van der Waals surface area contributed by atoms with Crippen molar-refractivity contribution in [1.82, 2.24) is 10.6 Å². The molecule has 6 heteroatoms. The SMILES string of the molecule is COc1ccc(CCCNCCCNC(=O)/C(C)=C/c2ccc(F)cc2)cc1OC. The van der Waals surface area contributed by atoms with E-state index in [1.54, 1.807) is 39.4 Å². The van der Waals surface area contributed by atoms with Gasteiger partial charge in [-0.25, -0.2) is 4.39 Å². The third-order valence-corrected chi connectivity index (χ3v) is 4.69. The first-order valence-electron chi connectivity index (χ1n) is 10.2. The fraction of sp³-hybridized carbons (Fsp3) is 0.375. The fourth-order valence-corrected chi connectivity index (χ4v) is 3.01. The number of methoxy groups -OCH3 is 2. The first-order chi connectivity index (χ1) is 14.5. The van der Waals surface area contributed by atoms with Gasteiger partial charge in [-0.3, -0.25) is 4.79 Å². The Balaban J connectivity index is 1.58. The van der Waals surface area contributed by atoms with Crippen LogP contribution in [0, 0.1) is 5.82 Å². The molecule has 0 bridgehead atoms. The summed E-state index contributed by atoms with van der Waals surface area (Å²) in [5.74, 6) is 1.10. The summed E-state index contributed by atoms with van der Waals surface area (Å²) in [5.41, 5.74) is 2.62. The van der Waals surface area contributed by atoms with Gasteiger partial charge in [-0.05, 0) is 80.7 Å². The molecule has 0 heterocycles. The third kappa shape index (κ3) is 7.87. The minimum atomic E-state index is -0.287. The van der Waals surface area contributed by atoms with E-state index >= 15 is 0 Å². The highest BCUT2D eigenvalue weighted by Gasteiger charge is 2.05. The summed E-state index contributed by atoms with van der Waals surface area (Å²) in [6, 6.07) is 12.1. The van der Waals surface area contributed by atoms with Crippen LogP contribution >= 0.6 is 0 Å². The topological polar surface area (TPSA) is 59.6 Å². The van der Waals surface area contributed by atoms with Crippen LogP contribution in [0.3, 0.4) is 0 Å². The van der Waals surface area contributed by atoms with E-state index < -0.39 is 0 Å². The van der Waals surface area contributed by atoms with Gasteiger partial charge >= 0.3 is 0 Å². The van der Waals surface area contributed by atoms with Gasteiger partial charge in [0.15, 0.2) is 11.5 Å². The van der Waals surface area contributed by atoms with Crippen molar-refractivity contribution in [2.45, 2.75) is 26.2 Å². The van der Waals surface area contributed by atoms with E-state index in [4.69, 9.17) is 9.47 Å². The Morgan fingerprint density at radius 3 is 2.37 bits per heavy atom. The summed E-state index contributed by atoms with van der Waals surface area (Å²) in [6.45, 7) is 4.11. The predicted octanol–water partition coefficient (Wildman–Crippen LogP) is 3.97. The van der Waals surface area contributed by atoms with Gasteiger partial charge in [-0.1, -0.05) is 18.2 Å². The summed E-state index contributed by atoms with van der Waals surface area (Å²) < 4.78 is 23.5. The van der Waals surface area contributed by atoms with Crippen LogP contribution in [-0.4, -0.2) is 39.8 Å². The van der Waals surface area contributed by atoms with Gasteiger partial charge < -0.3 is 20.1 Å². The van der Waals surface area contributed by atoms with E-state index in [0.29, 0.717) is 12.1 Å². The molecule has 5 nitrogen and oxygen atoms in total. The molecule has 0 aromatic heterocycles. The van der Waals surface area contributed by atoms with E-state index in [2.05, 4.69) is 16.7 Å². The second kappa shape index (κ2) is 12.6. The second-order valence-electron chi connectivity index (χ2n) is 7.03. The lowest BCUT2D eigenvalue weighted by molar-refractivity contribution is -0.117.